The summed E-state index contributed by atoms with van der Waals surface area (Å²) in [5.41, 5.74) is 1.93. The number of phenolic OH excluding ortho intramolecular Hbond substituents is 1. The summed E-state index contributed by atoms with van der Waals surface area (Å²) in [6.07, 6.45) is 0. The third-order valence-corrected chi connectivity index (χ3v) is 5.98. The zero-order valence-corrected chi connectivity index (χ0v) is 16.9. The van der Waals surface area contributed by atoms with Crippen molar-refractivity contribution in [2.45, 2.75) is 0 Å². The van der Waals surface area contributed by atoms with Crippen LogP contribution in [0, 0.1) is 0 Å². The lowest BCUT2D eigenvalue weighted by Gasteiger charge is -2.09. The van der Waals surface area contributed by atoms with Gasteiger partial charge in [-0.2, -0.15) is 0 Å². The third-order valence-electron chi connectivity index (χ3n) is 4.91. The molecule has 0 aliphatic carbocycles. The van der Waals surface area contributed by atoms with Crippen LogP contribution in [-0.2, 0) is 0 Å². The molecule has 5 rings (SSSR count). The molecule has 31 heavy (non-hydrogen) atoms. The number of hydrogen-bond donors (Lipinski definition) is 2. The number of azo groups is 1. The van der Waals surface area contributed by atoms with Gasteiger partial charge in [0, 0.05) is 5.39 Å². The Morgan fingerprint density at radius 3 is 2.48 bits per heavy atom. The molecule has 5 aromatic rings. The Bertz CT molecular complexity index is 1460. The average molecular weight is 425 g/mol. The van der Waals surface area contributed by atoms with Crippen molar-refractivity contribution < 1.29 is 15.0 Å². The first-order valence-electron chi connectivity index (χ1n) is 9.46. The number of thiazole rings is 1. The fraction of sp³-hybridized carbons (Fsp3) is 0. The van der Waals surface area contributed by atoms with Crippen LogP contribution in [0.5, 0.6) is 5.75 Å². The Hall–Kier alpha value is -4.10. The fourth-order valence-corrected chi connectivity index (χ4v) is 4.40. The van der Waals surface area contributed by atoms with Gasteiger partial charge in [0.15, 0.2) is 5.75 Å². The van der Waals surface area contributed by atoms with Crippen LogP contribution in [0.4, 0.5) is 11.4 Å². The van der Waals surface area contributed by atoms with Gasteiger partial charge >= 0.3 is 5.97 Å². The van der Waals surface area contributed by atoms with E-state index in [2.05, 4.69) is 15.2 Å². The molecular weight excluding hydrogens is 410 g/mol. The number of carboxylic acids is 1. The predicted molar refractivity (Wildman–Crippen MR) is 122 cm³/mol. The summed E-state index contributed by atoms with van der Waals surface area (Å²) < 4.78 is 1.02. The second-order valence-corrected chi connectivity index (χ2v) is 7.88. The van der Waals surface area contributed by atoms with E-state index in [1.165, 1.54) is 17.4 Å². The minimum absolute atomic E-state index is 0.0392. The van der Waals surface area contributed by atoms with Crippen LogP contribution in [0.3, 0.4) is 0 Å². The van der Waals surface area contributed by atoms with Crippen molar-refractivity contribution in [1.82, 2.24) is 4.98 Å². The number of aromatic hydroxyl groups is 1. The molecule has 0 spiro atoms. The summed E-state index contributed by atoms with van der Waals surface area (Å²) in [6.45, 7) is 0. The highest BCUT2D eigenvalue weighted by atomic mass is 32.1. The zero-order valence-electron chi connectivity index (χ0n) is 16.1. The zero-order chi connectivity index (χ0) is 21.4. The normalized spacial score (nSPS) is 11.5. The number of fused-ring (bicyclic) bond motifs is 2. The van der Waals surface area contributed by atoms with Crippen molar-refractivity contribution in [3.8, 4) is 16.3 Å². The van der Waals surface area contributed by atoms with Crippen LogP contribution in [0.15, 0.2) is 89.1 Å². The van der Waals surface area contributed by atoms with Gasteiger partial charge in [0.05, 0.1) is 21.3 Å². The van der Waals surface area contributed by atoms with Crippen LogP contribution >= 0.6 is 11.3 Å². The number of para-hydroxylation sites is 1. The van der Waals surface area contributed by atoms with Crippen LogP contribution in [0.25, 0.3) is 31.6 Å². The van der Waals surface area contributed by atoms with E-state index >= 15 is 0 Å². The predicted octanol–water partition coefficient (Wildman–Crippen LogP) is 6.94. The molecule has 0 fully saturated rings. The number of rotatable bonds is 4. The minimum Gasteiger partial charge on any atom is -0.505 e. The second kappa shape index (κ2) is 7.62. The molecule has 2 N–H and O–H groups in total. The molecular formula is C24H15N3O3S. The van der Waals surface area contributed by atoms with Crippen molar-refractivity contribution in [1.29, 1.82) is 0 Å². The number of carbonyl (C=O) groups is 1. The molecule has 0 saturated heterocycles. The lowest BCUT2D eigenvalue weighted by atomic mass is 10.0. The standard InChI is InChI=1S/C24H15N3O3S/c28-22-17(23-25-19-11-5-6-12-20(19)31-23)13-14-7-1-2-8-15(14)21(22)27-26-18-10-4-3-9-16(18)24(29)30/h1-13,28H,(H,29,30). The Morgan fingerprint density at radius 2 is 1.65 bits per heavy atom. The van der Waals surface area contributed by atoms with Gasteiger partial charge in [0.1, 0.15) is 16.4 Å². The van der Waals surface area contributed by atoms with Crippen molar-refractivity contribution >= 4 is 49.7 Å². The van der Waals surface area contributed by atoms with Crippen LogP contribution < -0.4 is 0 Å². The highest BCUT2D eigenvalue weighted by Crippen LogP contribution is 2.45. The van der Waals surface area contributed by atoms with Crippen LogP contribution in [-0.4, -0.2) is 21.2 Å². The SMILES string of the molecule is O=C(O)c1ccccc1N=Nc1c(O)c(-c2nc3ccccc3s2)cc2ccccc12. The van der Waals surface area contributed by atoms with Crippen LogP contribution in [0.2, 0.25) is 0 Å². The molecule has 0 amide bonds. The molecule has 7 heteroatoms. The maximum atomic E-state index is 11.5. The number of nitrogens with zero attached hydrogens (tertiary/aromatic N) is 3. The maximum Gasteiger partial charge on any atom is 0.337 e. The first-order chi connectivity index (χ1) is 15.1. The molecule has 0 atom stereocenters. The summed E-state index contributed by atoms with van der Waals surface area (Å²) in [7, 11) is 0. The Balaban J connectivity index is 1.71. The highest BCUT2D eigenvalue weighted by Gasteiger charge is 2.17. The van der Waals surface area contributed by atoms with Gasteiger partial charge in [-0.3, -0.25) is 0 Å². The average Bonchev–Trinajstić information content (AvgIpc) is 3.22. The summed E-state index contributed by atoms with van der Waals surface area (Å²) >= 11 is 1.48. The van der Waals surface area contributed by atoms with E-state index < -0.39 is 5.97 Å². The van der Waals surface area contributed by atoms with Gasteiger partial charge in [0.25, 0.3) is 0 Å². The fourth-order valence-electron chi connectivity index (χ4n) is 3.41. The van der Waals surface area contributed by atoms with Crippen molar-refractivity contribution in [2.24, 2.45) is 10.2 Å². The van der Waals surface area contributed by atoms with Gasteiger partial charge < -0.3 is 10.2 Å². The van der Waals surface area contributed by atoms with E-state index in [0.29, 0.717) is 16.0 Å². The van der Waals surface area contributed by atoms with Crippen molar-refractivity contribution in [3.63, 3.8) is 0 Å². The third kappa shape index (κ3) is 3.41. The van der Waals surface area contributed by atoms with Crippen molar-refractivity contribution in [2.75, 3.05) is 0 Å². The number of aromatic nitrogens is 1. The lowest BCUT2D eigenvalue weighted by molar-refractivity contribution is 0.0697. The topological polar surface area (TPSA) is 95.1 Å². The van der Waals surface area contributed by atoms with Crippen LogP contribution in [0.1, 0.15) is 10.4 Å². The summed E-state index contributed by atoms with van der Waals surface area (Å²) in [5, 5.41) is 31.2. The molecule has 0 aliphatic rings. The Morgan fingerprint density at radius 1 is 0.903 bits per heavy atom. The van der Waals surface area contributed by atoms with E-state index in [1.54, 1.807) is 18.2 Å². The smallest absolute Gasteiger partial charge is 0.337 e. The van der Waals surface area contributed by atoms with E-state index in [0.717, 1.165) is 15.6 Å². The van der Waals surface area contributed by atoms with Gasteiger partial charge in [0.2, 0.25) is 0 Å². The molecule has 0 radical (unpaired) electrons. The maximum absolute atomic E-state index is 11.5. The molecule has 1 aromatic heterocycles. The van der Waals surface area contributed by atoms with E-state index in [-0.39, 0.29) is 22.7 Å². The Labute approximate surface area is 180 Å². The molecule has 0 saturated carbocycles. The van der Waals surface area contributed by atoms with Gasteiger partial charge in [-0.15, -0.1) is 21.6 Å². The monoisotopic (exact) mass is 425 g/mol. The summed E-state index contributed by atoms with van der Waals surface area (Å²) in [6, 6.07) is 23.5. The van der Waals surface area contributed by atoms with Crippen molar-refractivity contribution in [3.05, 3.63) is 84.4 Å². The largest absolute Gasteiger partial charge is 0.505 e. The summed E-state index contributed by atoms with van der Waals surface area (Å²) in [4.78, 5) is 16.1. The number of carboxylic acid groups (broad SMARTS) is 1. The number of aromatic carboxylic acids is 1. The van der Waals surface area contributed by atoms with E-state index in [4.69, 9.17) is 0 Å². The molecule has 0 unspecified atom stereocenters. The molecule has 1 heterocycles. The molecule has 150 valence electrons. The molecule has 6 nitrogen and oxygen atoms in total. The number of phenols is 1. The second-order valence-electron chi connectivity index (χ2n) is 6.85. The molecule has 0 aliphatic heterocycles. The minimum atomic E-state index is -1.09. The number of hydrogen-bond acceptors (Lipinski definition) is 6. The van der Waals surface area contributed by atoms with Gasteiger partial charge in [-0.05, 0) is 35.7 Å². The molecule has 4 aromatic carbocycles. The molecule has 0 bridgehead atoms. The van der Waals surface area contributed by atoms with E-state index in [1.807, 2.05) is 54.6 Å². The highest BCUT2D eigenvalue weighted by molar-refractivity contribution is 7.21. The van der Waals surface area contributed by atoms with Gasteiger partial charge in [-0.25, -0.2) is 9.78 Å². The van der Waals surface area contributed by atoms with Gasteiger partial charge in [-0.1, -0.05) is 48.5 Å². The first kappa shape index (κ1) is 18.9. The first-order valence-corrected chi connectivity index (χ1v) is 10.3. The quantitative estimate of drug-likeness (QED) is 0.305. The lowest BCUT2D eigenvalue weighted by Crippen LogP contribution is -1.95. The Kier molecular flexibility index (Phi) is 4.65. The van der Waals surface area contributed by atoms with E-state index in [9.17, 15) is 15.0 Å². The number of benzene rings is 4. The summed E-state index contributed by atoms with van der Waals surface area (Å²) in [5.74, 6) is -1.14.